The fourth-order valence-electron chi connectivity index (χ4n) is 0.971. The molecule has 0 fully saturated rings. The summed E-state index contributed by atoms with van der Waals surface area (Å²) in [6, 6.07) is 5.68. The van der Waals surface area contributed by atoms with Crippen LogP contribution in [-0.2, 0) is 8.37 Å². The van der Waals surface area contributed by atoms with Crippen LogP contribution in [-0.4, -0.2) is 5.51 Å². The minimum Gasteiger partial charge on any atom is -0.394 e. The molecule has 1 rings (SSSR count). The number of hydrogen-bond acceptors (Lipinski definition) is 5. The maximum atomic E-state index is 12.1. The third kappa shape index (κ3) is 5.51. The van der Waals surface area contributed by atoms with Gasteiger partial charge in [0.1, 0.15) is 0 Å². The first-order chi connectivity index (χ1) is 7.94. The van der Waals surface area contributed by atoms with E-state index in [2.05, 4.69) is 34.2 Å². The molecule has 0 spiro atoms. The van der Waals surface area contributed by atoms with Gasteiger partial charge in [-0.25, -0.2) is 0 Å². The first-order valence-electron chi connectivity index (χ1n) is 4.15. The van der Waals surface area contributed by atoms with E-state index < -0.39 is 5.51 Å². The third-order valence-corrected chi connectivity index (χ3v) is 2.68. The molecule has 17 heavy (non-hydrogen) atoms. The zero-order chi connectivity index (χ0) is 12.9. The minimum atomic E-state index is -4.29. The second-order valence-electron chi connectivity index (χ2n) is 2.76. The van der Waals surface area contributed by atoms with Crippen molar-refractivity contribution in [1.29, 1.82) is 0 Å². The van der Waals surface area contributed by atoms with Crippen molar-refractivity contribution in [2.45, 2.75) is 10.4 Å². The Morgan fingerprint density at radius 2 is 1.65 bits per heavy atom. The number of alkyl halides is 3. The van der Waals surface area contributed by atoms with Crippen LogP contribution in [0.4, 0.5) is 13.2 Å². The highest BCUT2D eigenvalue weighted by Gasteiger charge is 2.28. The van der Waals surface area contributed by atoms with Crippen LogP contribution in [0.25, 0.3) is 6.08 Å². The Bertz CT molecular complexity index is 383. The zero-order valence-corrected chi connectivity index (χ0v) is 10.7. The topological polar surface area (TPSA) is 18.5 Å². The smallest absolute Gasteiger partial charge is 0.394 e. The monoisotopic (exact) mass is 300 g/mol. The van der Waals surface area contributed by atoms with Gasteiger partial charge < -0.3 is 8.37 Å². The molecule has 0 aliphatic heterocycles. The Kier molecular flexibility index (Phi) is 5.41. The minimum absolute atomic E-state index is 0.0212. The number of thioether (sulfide) groups is 1. The van der Waals surface area contributed by atoms with Gasteiger partial charge in [0.05, 0.1) is 0 Å². The van der Waals surface area contributed by atoms with Gasteiger partial charge in [-0.1, -0.05) is 12.1 Å². The van der Waals surface area contributed by atoms with Crippen molar-refractivity contribution >= 4 is 43.7 Å². The Balaban J connectivity index is 2.78. The highest BCUT2D eigenvalue weighted by Crippen LogP contribution is 2.36. The SMILES string of the molecule is FC(F)(F)Sc1ccc(C=C(OS)OS)cc1. The molecule has 8 heteroatoms. The molecule has 1 aromatic rings. The molecule has 0 unspecified atom stereocenters. The van der Waals surface area contributed by atoms with E-state index in [1.807, 2.05) is 0 Å². The van der Waals surface area contributed by atoms with Gasteiger partial charge in [0.25, 0.3) is 0 Å². The molecule has 0 heterocycles. The lowest BCUT2D eigenvalue weighted by Gasteiger charge is -2.05. The quantitative estimate of drug-likeness (QED) is 0.374. The maximum absolute atomic E-state index is 12.1. The van der Waals surface area contributed by atoms with E-state index in [9.17, 15) is 13.2 Å². The number of hydrogen-bond donors (Lipinski definition) is 2. The summed E-state index contributed by atoms with van der Waals surface area (Å²) in [6.07, 6.45) is 1.43. The molecule has 0 radical (unpaired) electrons. The molecule has 0 amide bonds. The van der Waals surface area contributed by atoms with Gasteiger partial charge in [-0.3, -0.25) is 0 Å². The first kappa shape index (κ1) is 14.5. The predicted octanol–water partition coefficient (Wildman–Crippen LogP) is 4.32. The van der Waals surface area contributed by atoms with Crippen LogP contribution in [0, 0.1) is 0 Å². The molecular formula is C9H7F3O2S3. The van der Waals surface area contributed by atoms with Crippen LogP contribution < -0.4 is 0 Å². The Hall–Kier alpha value is -0.600. The molecule has 1 aromatic carbocycles. The van der Waals surface area contributed by atoms with E-state index in [1.165, 1.54) is 30.3 Å². The standard InChI is InChI=1S/C9H7F3O2S3/c10-9(11,12)17-7-3-1-6(2-4-7)5-8(13-15)14-16/h1-5,15-16H. The van der Waals surface area contributed by atoms with Crippen LogP contribution in [0.2, 0.25) is 0 Å². The van der Waals surface area contributed by atoms with Crippen LogP contribution >= 0.6 is 37.6 Å². The van der Waals surface area contributed by atoms with Crippen molar-refractivity contribution in [3.05, 3.63) is 35.8 Å². The van der Waals surface area contributed by atoms with Gasteiger partial charge in [-0.2, -0.15) is 13.2 Å². The highest BCUT2D eigenvalue weighted by molar-refractivity contribution is 8.00. The number of thiol groups is 2. The van der Waals surface area contributed by atoms with Crippen molar-refractivity contribution in [1.82, 2.24) is 0 Å². The highest BCUT2D eigenvalue weighted by atomic mass is 32.2. The van der Waals surface area contributed by atoms with E-state index in [1.54, 1.807) is 0 Å². The van der Waals surface area contributed by atoms with E-state index in [-0.39, 0.29) is 22.6 Å². The van der Waals surface area contributed by atoms with Crippen LogP contribution in [0.3, 0.4) is 0 Å². The Morgan fingerprint density at radius 1 is 1.12 bits per heavy atom. The molecular weight excluding hydrogens is 293 g/mol. The predicted molar refractivity (Wildman–Crippen MR) is 66.5 cm³/mol. The van der Waals surface area contributed by atoms with Crippen LogP contribution in [0.1, 0.15) is 5.56 Å². The number of rotatable bonds is 4. The number of halogens is 3. The van der Waals surface area contributed by atoms with Crippen molar-refractivity contribution in [3.63, 3.8) is 0 Å². The number of benzene rings is 1. The van der Waals surface area contributed by atoms with Gasteiger partial charge >= 0.3 is 11.5 Å². The largest absolute Gasteiger partial charge is 0.446 e. The lowest BCUT2D eigenvalue weighted by Crippen LogP contribution is -1.98. The zero-order valence-electron chi connectivity index (χ0n) is 8.14. The van der Waals surface area contributed by atoms with Gasteiger partial charge in [0, 0.05) is 36.8 Å². The third-order valence-electron chi connectivity index (χ3n) is 1.58. The molecule has 0 aliphatic carbocycles. The molecule has 0 N–H and O–H groups in total. The Morgan fingerprint density at radius 3 is 2.06 bits per heavy atom. The van der Waals surface area contributed by atoms with E-state index in [0.29, 0.717) is 5.56 Å². The molecule has 0 aromatic heterocycles. The molecule has 0 aliphatic rings. The summed E-state index contributed by atoms with van der Waals surface area (Å²) >= 11 is 6.84. The normalized spacial score (nSPS) is 10.9. The van der Waals surface area contributed by atoms with Crippen molar-refractivity contribution < 1.29 is 21.5 Å². The van der Waals surface area contributed by atoms with Gasteiger partial charge in [0.15, 0.2) is 0 Å². The van der Waals surface area contributed by atoms with Gasteiger partial charge in [-0.05, 0) is 29.5 Å². The lowest BCUT2D eigenvalue weighted by atomic mass is 10.2. The summed E-state index contributed by atoms with van der Waals surface area (Å²) in [5.41, 5.74) is -3.68. The Labute approximate surface area is 111 Å². The van der Waals surface area contributed by atoms with Gasteiger partial charge in [0.2, 0.25) is 0 Å². The summed E-state index contributed by atoms with van der Waals surface area (Å²) in [6.45, 7) is 0. The molecule has 0 saturated carbocycles. The molecule has 0 bridgehead atoms. The second kappa shape index (κ2) is 6.36. The van der Waals surface area contributed by atoms with Crippen molar-refractivity contribution in [3.8, 4) is 0 Å². The van der Waals surface area contributed by atoms with Crippen LogP contribution in [0.15, 0.2) is 35.1 Å². The average molecular weight is 300 g/mol. The fraction of sp³-hybridized carbons (Fsp3) is 0.111. The summed E-state index contributed by atoms with van der Waals surface area (Å²) < 4.78 is 45.1. The second-order valence-corrected chi connectivity index (χ2v) is 4.27. The molecule has 2 nitrogen and oxygen atoms in total. The molecule has 94 valence electrons. The first-order valence-corrected chi connectivity index (χ1v) is 5.69. The maximum Gasteiger partial charge on any atom is 0.446 e. The van der Waals surface area contributed by atoms with E-state index in [0.717, 1.165) is 0 Å². The van der Waals surface area contributed by atoms with Crippen molar-refractivity contribution in [2.24, 2.45) is 0 Å². The summed E-state index contributed by atoms with van der Waals surface area (Å²) in [5, 5.41) is 0. The lowest BCUT2D eigenvalue weighted by molar-refractivity contribution is -0.0328. The summed E-state index contributed by atoms with van der Waals surface area (Å²) in [4.78, 5) is 0.106. The molecule has 0 saturated heterocycles. The van der Waals surface area contributed by atoms with E-state index in [4.69, 9.17) is 0 Å². The van der Waals surface area contributed by atoms with Crippen LogP contribution in [0.5, 0.6) is 0 Å². The summed E-state index contributed by atoms with van der Waals surface area (Å²) in [5.74, 6) is 0.0212. The average Bonchev–Trinajstić information content (AvgIpc) is 2.26. The summed E-state index contributed by atoms with van der Waals surface area (Å²) in [7, 11) is 0. The van der Waals surface area contributed by atoms with E-state index >= 15 is 0 Å². The van der Waals surface area contributed by atoms with Gasteiger partial charge in [-0.15, -0.1) is 0 Å². The molecule has 0 atom stereocenters. The van der Waals surface area contributed by atoms with Crippen molar-refractivity contribution in [2.75, 3.05) is 0 Å². The fourth-order valence-corrected chi connectivity index (χ4v) is 1.75.